The van der Waals surface area contributed by atoms with Crippen molar-refractivity contribution in [3.8, 4) is 0 Å². The molecule has 20 heavy (non-hydrogen) atoms. The van der Waals surface area contributed by atoms with Crippen molar-refractivity contribution in [1.82, 2.24) is 15.1 Å². The Morgan fingerprint density at radius 2 is 2.55 bits per heavy atom. The summed E-state index contributed by atoms with van der Waals surface area (Å²) in [6.07, 6.45) is 4.50. The molecule has 0 radical (unpaired) electrons. The summed E-state index contributed by atoms with van der Waals surface area (Å²) in [5.41, 5.74) is 0. The summed E-state index contributed by atoms with van der Waals surface area (Å²) in [4.78, 5) is 13.3. The zero-order chi connectivity index (χ0) is 13.8. The van der Waals surface area contributed by atoms with Crippen LogP contribution in [-0.4, -0.2) is 35.4 Å². The Morgan fingerprint density at radius 3 is 3.20 bits per heavy atom. The molecule has 1 aliphatic heterocycles. The lowest BCUT2D eigenvalue weighted by Gasteiger charge is -2.18. The van der Waals surface area contributed by atoms with Crippen molar-refractivity contribution in [2.24, 2.45) is 5.92 Å². The van der Waals surface area contributed by atoms with Crippen molar-refractivity contribution in [3.05, 3.63) is 40.8 Å². The highest BCUT2D eigenvalue weighted by atomic mass is 32.1. The molecule has 1 N–H and O–H groups in total. The number of carbonyl (C=O) groups excluding carboxylic acids is 1. The monoisotopic (exact) mass is 291 g/mol. The molecule has 2 atom stereocenters. The minimum Gasteiger partial charge on any atom is -0.381 e. The molecule has 0 saturated carbocycles. The number of rotatable bonds is 5. The van der Waals surface area contributed by atoms with Crippen LogP contribution in [0.15, 0.2) is 36.0 Å². The first-order valence-corrected chi connectivity index (χ1v) is 7.60. The second-order valence-electron chi connectivity index (χ2n) is 4.82. The smallest absolute Gasteiger partial charge is 0.225 e. The molecule has 2 aromatic rings. The zero-order valence-corrected chi connectivity index (χ0v) is 11.9. The van der Waals surface area contributed by atoms with Gasteiger partial charge in [-0.25, -0.2) is 0 Å². The van der Waals surface area contributed by atoms with Crippen LogP contribution in [0, 0.1) is 5.92 Å². The van der Waals surface area contributed by atoms with E-state index in [9.17, 15) is 4.79 Å². The average molecular weight is 291 g/mol. The number of ether oxygens (including phenoxy) is 1. The third kappa shape index (κ3) is 2.91. The van der Waals surface area contributed by atoms with Crippen LogP contribution in [0.4, 0.5) is 0 Å². The average Bonchev–Trinajstić information content (AvgIpc) is 3.22. The van der Waals surface area contributed by atoms with Crippen LogP contribution in [-0.2, 0) is 9.53 Å². The summed E-state index contributed by atoms with van der Waals surface area (Å²) in [6, 6.07) is 6.04. The Balaban J connectivity index is 1.66. The summed E-state index contributed by atoms with van der Waals surface area (Å²) in [5.74, 6) is 0.0767. The molecule has 6 heteroatoms. The fourth-order valence-electron chi connectivity index (χ4n) is 2.35. The molecule has 1 aliphatic rings. The van der Waals surface area contributed by atoms with Gasteiger partial charge in [-0.3, -0.25) is 9.48 Å². The van der Waals surface area contributed by atoms with E-state index in [1.807, 2.05) is 28.4 Å². The minimum absolute atomic E-state index is 0.00314. The van der Waals surface area contributed by atoms with E-state index in [1.165, 1.54) is 4.88 Å². The second-order valence-corrected chi connectivity index (χ2v) is 5.80. The second kappa shape index (κ2) is 6.19. The number of hydrogen-bond acceptors (Lipinski definition) is 4. The number of nitrogens with one attached hydrogen (secondary N) is 1. The highest BCUT2D eigenvalue weighted by Gasteiger charge is 2.24. The maximum atomic E-state index is 12.1. The van der Waals surface area contributed by atoms with Crippen molar-refractivity contribution in [2.45, 2.75) is 12.5 Å². The number of carbonyl (C=O) groups is 1. The van der Waals surface area contributed by atoms with E-state index in [0.29, 0.717) is 19.8 Å². The lowest BCUT2D eigenvalue weighted by Crippen LogP contribution is -2.35. The summed E-state index contributed by atoms with van der Waals surface area (Å²) in [5, 5.41) is 9.36. The largest absolute Gasteiger partial charge is 0.381 e. The van der Waals surface area contributed by atoms with Gasteiger partial charge in [0.1, 0.15) is 6.04 Å². The van der Waals surface area contributed by atoms with Crippen molar-refractivity contribution in [3.63, 3.8) is 0 Å². The Hall–Kier alpha value is -1.66. The van der Waals surface area contributed by atoms with E-state index >= 15 is 0 Å². The first-order chi connectivity index (χ1) is 9.84. The first kappa shape index (κ1) is 13.3. The van der Waals surface area contributed by atoms with Crippen molar-refractivity contribution in [1.29, 1.82) is 0 Å². The van der Waals surface area contributed by atoms with Crippen LogP contribution in [0.3, 0.4) is 0 Å². The van der Waals surface area contributed by atoms with Gasteiger partial charge >= 0.3 is 0 Å². The van der Waals surface area contributed by atoms with Gasteiger partial charge in [-0.1, -0.05) is 6.07 Å². The molecule has 5 nitrogen and oxygen atoms in total. The Morgan fingerprint density at radius 1 is 1.60 bits per heavy atom. The molecule has 0 unspecified atom stereocenters. The highest BCUT2D eigenvalue weighted by Crippen LogP contribution is 2.22. The standard InChI is InChI=1S/C14H17N3O2S/c18-14(11-4-7-19-10-11)15-9-12(13-3-1-8-20-13)17-6-2-5-16-17/h1-3,5-6,8,11-12H,4,7,9-10H2,(H,15,18)/t11-,12-/m0/s1. The fraction of sp³-hybridized carbons (Fsp3) is 0.429. The van der Waals surface area contributed by atoms with Gasteiger partial charge in [0.2, 0.25) is 5.91 Å². The highest BCUT2D eigenvalue weighted by molar-refractivity contribution is 7.10. The summed E-state index contributed by atoms with van der Waals surface area (Å²) >= 11 is 1.68. The number of amides is 1. The molecule has 0 spiro atoms. The zero-order valence-electron chi connectivity index (χ0n) is 11.1. The topological polar surface area (TPSA) is 56.2 Å². The summed E-state index contributed by atoms with van der Waals surface area (Å²) in [6.45, 7) is 1.78. The Bertz CT molecular complexity index is 499. The lowest BCUT2D eigenvalue weighted by atomic mass is 10.1. The van der Waals surface area contributed by atoms with Gasteiger partial charge in [0.25, 0.3) is 0 Å². The molecule has 1 amide bonds. The fourth-order valence-corrected chi connectivity index (χ4v) is 3.17. The van der Waals surface area contributed by atoms with Crippen LogP contribution in [0.25, 0.3) is 0 Å². The van der Waals surface area contributed by atoms with Crippen LogP contribution < -0.4 is 5.32 Å². The minimum atomic E-state index is -0.00314. The van der Waals surface area contributed by atoms with E-state index in [1.54, 1.807) is 17.5 Å². The number of thiophene rings is 1. The van der Waals surface area contributed by atoms with E-state index in [2.05, 4.69) is 16.5 Å². The molecule has 0 aromatic carbocycles. The summed E-state index contributed by atoms with van der Waals surface area (Å²) < 4.78 is 7.14. The van der Waals surface area contributed by atoms with Gasteiger partial charge in [-0.15, -0.1) is 11.3 Å². The predicted molar refractivity (Wildman–Crippen MR) is 76.6 cm³/mol. The Labute approximate surface area is 121 Å². The number of hydrogen-bond donors (Lipinski definition) is 1. The van der Waals surface area contributed by atoms with E-state index < -0.39 is 0 Å². The van der Waals surface area contributed by atoms with E-state index in [4.69, 9.17) is 4.74 Å². The van der Waals surface area contributed by atoms with E-state index in [-0.39, 0.29) is 17.9 Å². The molecule has 2 aromatic heterocycles. The lowest BCUT2D eigenvalue weighted by molar-refractivity contribution is -0.125. The van der Waals surface area contributed by atoms with Crippen LogP contribution in [0.2, 0.25) is 0 Å². The van der Waals surface area contributed by atoms with Gasteiger partial charge in [0.15, 0.2) is 0 Å². The van der Waals surface area contributed by atoms with Gasteiger partial charge in [-0.2, -0.15) is 5.10 Å². The number of aromatic nitrogens is 2. The Kier molecular flexibility index (Phi) is 4.13. The SMILES string of the molecule is O=C(NC[C@@H](c1cccs1)n1cccn1)[C@H]1CCOC1. The quantitative estimate of drug-likeness (QED) is 0.912. The molecule has 1 saturated heterocycles. The van der Waals surface area contributed by atoms with Gasteiger partial charge < -0.3 is 10.1 Å². The van der Waals surface area contributed by atoms with E-state index in [0.717, 1.165) is 6.42 Å². The molecule has 0 bridgehead atoms. The van der Waals surface area contributed by atoms with Crippen molar-refractivity contribution in [2.75, 3.05) is 19.8 Å². The van der Waals surface area contributed by atoms with Gasteiger partial charge in [-0.05, 0) is 23.9 Å². The normalized spacial score (nSPS) is 19.9. The maximum Gasteiger partial charge on any atom is 0.225 e. The molecular formula is C14H17N3O2S. The first-order valence-electron chi connectivity index (χ1n) is 6.72. The predicted octanol–water partition coefficient (Wildman–Crippen LogP) is 1.69. The van der Waals surface area contributed by atoms with Crippen molar-refractivity contribution >= 4 is 17.2 Å². The molecule has 0 aliphatic carbocycles. The van der Waals surface area contributed by atoms with Crippen LogP contribution >= 0.6 is 11.3 Å². The summed E-state index contributed by atoms with van der Waals surface area (Å²) in [7, 11) is 0. The maximum absolute atomic E-state index is 12.1. The number of nitrogens with zero attached hydrogens (tertiary/aromatic N) is 2. The molecule has 3 heterocycles. The van der Waals surface area contributed by atoms with Gasteiger partial charge in [0.05, 0.1) is 12.5 Å². The van der Waals surface area contributed by atoms with Crippen molar-refractivity contribution < 1.29 is 9.53 Å². The third-order valence-electron chi connectivity index (χ3n) is 3.49. The van der Waals surface area contributed by atoms with Crippen LogP contribution in [0.1, 0.15) is 17.3 Å². The van der Waals surface area contributed by atoms with Crippen LogP contribution in [0.5, 0.6) is 0 Å². The molecular weight excluding hydrogens is 274 g/mol. The third-order valence-corrected chi connectivity index (χ3v) is 4.46. The molecule has 3 rings (SSSR count). The molecule has 1 fully saturated rings. The van der Waals surface area contributed by atoms with Gasteiger partial charge in [0, 0.05) is 30.4 Å². The molecule has 106 valence electrons.